The molecule has 2 aromatic rings. The molecule has 1 saturated carbocycles. The first-order chi connectivity index (χ1) is 10.8. The Hall–Kier alpha value is -2.70. The van der Waals surface area contributed by atoms with Crippen LogP contribution in [0.5, 0.6) is 0 Å². The molecule has 3 N–H and O–H groups in total. The molecule has 22 heavy (non-hydrogen) atoms. The molecular weight excluding hydrogens is 280 g/mol. The third kappa shape index (κ3) is 4.15. The molecule has 0 aromatic carbocycles. The number of hydrogen-bond acceptors (Lipinski definition) is 6. The van der Waals surface area contributed by atoms with Crippen molar-refractivity contribution in [1.29, 1.82) is 0 Å². The minimum Gasteiger partial charge on any atom is -0.367 e. The van der Waals surface area contributed by atoms with Crippen molar-refractivity contribution in [3.05, 3.63) is 36.7 Å². The van der Waals surface area contributed by atoms with E-state index < -0.39 is 0 Å². The Morgan fingerprint density at radius 1 is 1.05 bits per heavy atom. The van der Waals surface area contributed by atoms with Crippen LogP contribution < -0.4 is 16.0 Å². The van der Waals surface area contributed by atoms with Crippen molar-refractivity contribution >= 4 is 23.2 Å². The Kier molecular flexibility index (Phi) is 4.43. The highest BCUT2D eigenvalue weighted by Crippen LogP contribution is 2.28. The smallest absolute Gasteiger partial charge is 0.223 e. The van der Waals surface area contributed by atoms with E-state index in [-0.39, 0.29) is 11.8 Å². The fourth-order valence-electron chi connectivity index (χ4n) is 1.94. The van der Waals surface area contributed by atoms with Crippen molar-refractivity contribution in [3.63, 3.8) is 0 Å². The molecule has 7 nitrogen and oxygen atoms in total. The van der Waals surface area contributed by atoms with Crippen molar-refractivity contribution < 1.29 is 4.79 Å². The maximum Gasteiger partial charge on any atom is 0.223 e. The molecule has 0 unspecified atom stereocenters. The predicted molar refractivity (Wildman–Crippen MR) is 83.8 cm³/mol. The zero-order valence-electron chi connectivity index (χ0n) is 12.1. The van der Waals surface area contributed by atoms with Crippen molar-refractivity contribution in [2.45, 2.75) is 12.8 Å². The molecule has 1 aliphatic rings. The van der Waals surface area contributed by atoms with Gasteiger partial charge in [-0.15, -0.1) is 10.2 Å². The van der Waals surface area contributed by atoms with Gasteiger partial charge >= 0.3 is 0 Å². The molecule has 0 bridgehead atoms. The summed E-state index contributed by atoms with van der Waals surface area (Å²) in [6.45, 7) is 1.22. The van der Waals surface area contributed by atoms with Gasteiger partial charge < -0.3 is 16.0 Å². The highest BCUT2D eigenvalue weighted by atomic mass is 16.2. The molecule has 0 saturated heterocycles. The highest BCUT2D eigenvalue weighted by Gasteiger charge is 2.28. The molecule has 0 spiro atoms. The quantitative estimate of drug-likeness (QED) is 0.672. The van der Waals surface area contributed by atoms with Gasteiger partial charge in [0.1, 0.15) is 5.82 Å². The lowest BCUT2D eigenvalue weighted by Crippen LogP contribution is -2.29. The summed E-state index contributed by atoms with van der Waals surface area (Å²) in [7, 11) is 0. The summed E-state index contributed by atoms with van der Waals surface area (Å²) < 4.78 is 0. The molecule has 1 fully saturated rings. The summed E-state index contributed by atoms with van der Waals surface area (Å²) in [5.74, 6) is 1.75. The van der Waals surface area contributed by atoms with Crippen LogP contribution in [-0.4, -0.2) is 34.2 Å². The highest BCUT2D eigenvalue weighted by molar-refractivity contribution is 5.80. The minimum atomic E-state index is 0.157. The van der Waals surface area contributed by atoms with Gasteiger partial charge in [-0.3, -0.25) is 9.78 Å². The van der Waals surface area contributed by atoms with Crippen LogP contribution in [0.4, 0.5) is 17.3 Å². The average molecular weight is 298 g/mol. The Bertz CT molecular complexity index is 612. The number of amides is 1. The largest absolute Gasteiger partial charge is 0.367 e. The lowest BCUT2D eigenvalue weighted by molar-refractivity contribution is -0.122. The lowest BCUT2D eigenvalue weighted by Gasteiger charge is -2.08. The van der Waals surface area contributed by atoms with E-state index in [0.29, 0.717) is 24.7 Å². The van der Waals surface area contributed by atoms with Gasteiger partial charge in [-0.05, 0) is 37.1 Å². The first kappa shape index (κ1) is 14.2. The first-order valence-electron chi connectivity index (χ1n) is 7.33. The van der Waals surface area contributed by atoms with E-state index in [1.807, 2.05) is 24.3 Å². The monoisotopic (exact) mass is 298 g/mol. The lowest BCUT2D eigenvalue weighted by atomic mass is 10.4. The zero-order valence-corrected chi connectivity index (χ0v) is 12.1. The molecule has 0 atom stereocenters. The molecule has 0 radical (unpaired) electrons. The standard InChI is InChI=1S/C15H18N6O/c22-15(11-1-2-11)18-10-9-17-13-3-4-14(21-20-13)19-12-5-7-16-8-6-12/h3-8,11H,1-2,9-10H2,(H,17,20)(H,18,22)(H,16,19,21). The second-order valence-electron chi connectivity index (χ2n) is 5.16. The van der Waals surface area contributed by atoms with Crippen LogP contribution in [0.25, 0.3) is 0 Å². The van der Waals surface area contributed by atoms with Crippen LogP contribution >= 0.6 is 0 Å². The number of carbonyl (C=O) groups excluding carboxylic acids is 1. The van der Waals surface area contributed by atoms with Crippen LogP contribution in [0.1, 0.15) is 12.8 Å². The normalized spacial score (nSPS) is 13.5. The molecule has 3 rings (SSSR count). The van der Waals surface area contributed by atoms with Crippen LogP contribution in [0.3, 0.4) is 0 Å². The maximum atomic E-state index is 11.5. The van der Waals surface area contributed by atoms with E-state index >= 15 is 0 Å². The number of rotatable bonds is 7. The number of aromatic nitrogens is 3. The second-order valence-corrected chi connectivity index (χ2v) is 5.16. The fourth-order valence-corrected chi connectivity index (χ4v) is 1.94. The first-order valence-corrected chi connectivity index (χ1v) is 7.33. The van der Waals surface area contributed by atoms with Crippen LogP contribution in [0.15, 0.2) is 36.7 Å². The zero-order chi connectivity index (χ0) is 15.2. The van der Waals surface area contributed by atoms with Crippen LogP contribution in [-0.2, 0) is 4.79 Å². The van der Waals surface area contributed by atoms with E-state index in [0.717, 1.165) is 18.5 Å². The summed E-state index contributed by atoms with van der Waals surface area (Å²) in [4.78, 5) is 15.4. The number of hydrogen-bond donors (Lipinski definition) is 3. The van der Waals surface area contributed by atoms with Gasteiger partial charge in [-0.25, -0.2) is 0 Å². The van der Waals surface area contributed by atoms with E-state index in [1.54, 1.807) is 12.4 Å². The molecule has 7 heteroatoms. The van der Waals surface area contributed by atoms with Crippen molar-refractivity contribution in [1.82, 2.24) is 20.5 Å². The molecule has 114 valence electrons. The van der Waals surface area contributed by atoms with Crippen molar-refractivity contribution in [2.24, 2.45) is 5.92 Å². The summed E-state index contributed by atoms with van der Waals surface area (Å²) >= 11 is 0. The molecule has 2 heterocycles. The number of nitrogens with one attached hydrogen (secondary N) is 3. The van der Waals surface area contributed by atoms with Crippen molar-refractivity contribution in [2.75, 3.05) is 23.7 Å². The topological polar surface area (TPSA) is 91.8 Å². The average Bonchev–Trinajstić information content (AvgIpc) is 3.39. The van der Waals surface area contributed by atoms with Gasteiger partial charge in [0.2, 0.25) is 5.91 Å². The van der Waals surface area contributed by atoms with E-state index in [2.05, 4.69) is 31.1 Å². The van der Waals surface area contributed by atoms with Crippen LogP contribution in [0.2, 0.25) is 0 Å². The Morgan fingerprint density at radius 3 is 2.45 bits per heavy atom. The van der Waals surface area contributed by atoms with Gasteiger partial charge in [0.25, 0.3) is 0 Å². The number of carbonyl (C=O) groups is 1. The molecule has 0 aliphatic heterocycles. The van der Waals surface area contributed by atoms with Gasteiger partial charge in [0.15, 0.2) is 5.82 Å². The van der Waals surface area contributed by atoms with E-state index in [4.69, 9.17) is 0 Å². The fraction of sp³-hybridized carbons (Fsp3) is 0.333. The summed E-state index contributed by atoms with van der Waals surface area (Å²) in [6.07, 6.45) is 5.47. The Labute approximate surface area is 128 Å². The summed E-state index contributed by atoms with van der Waals surface area (Å²) in [5.41, 5.74) is 0.910. The minimum absolute atomic E-state index is 0.157. The molecule has 1 amide bonds. The van der Waals surface area contributed by atoms with E-state index in [1.165, 1.54) is 0 Å². The SMILES string of the molecule is O=C(NCCNc1ccc(Nc2ccncc2)nn1)C1CC1. The summed E-state index contributed by atoms with van der Waals surface area (Å²) in [5, 5.41) is 17.3. The second kappa shape index (κ2) is 6.84. The number of nitrogens with zero attached hydrogens (tertiary/aromatic N) is 3. The number of anilines is 3. The maximum absolute atomic E-state index is 11.5. The third-order valence-electron chi connectivity index (χ3n) is 3.30. The van der Waals surface area contributed by atoms with Gasteiger partial charge in [0, 0.05) is 37.1 Å². The van der Waals surface area contributed by atoms with E-state index in [9.17, 15) is 4.79 Å². The Morgan fingerprint density at radius 2 is 1.77 bits per heavy atom. The molecule has 2 aromatic heterocycles. The molecular formula is C15H18N6O. The molecule has 1 aliphatic carbocycles. The van der Waals surface area contributed by atoms with Crippen molar-refractivity contribution in [3.8, 4) is 0 Å². The van der Waals surface area contributed by atoms with Gasteiger partial charge in [-0.2, -0.15) is 0 Å². The van der Waals surface area contributed by atoms with Gasteiger partial charge in [-0.1, -0.05) is 0 Å². The van der Waals surface area contributed by atoms with Gasteiger partial charge in [0.05, 0.1) is 0 Å². The Balaban J connectivity index is 1.42. The predicted octanol–water partition coefficient (Wildman–Crippen LogP) is 1.55. The number of pyridine rings is 1. The van der Waals surface area contributed by atoms with Crippen LogP contribution in [0, 0.1) is 5.92 Å². The summed E-state index contributed by atoms with van der Waals surface area (Å²) in [6, 6.07) is 7.41. The third-order valence-corrected chi connectivity index (χ3v) is 3.30.